The summed E-state index contributed by atoms with van der Waals surface area (Å²) in [5.41, 5.74) is 0.469. The predicted octanol–water partition coefficient (Wildman–Crippen LogP) is 2.07. The Bertz CT molecular complexity index is 516. The van der Waals surface area contributed by atoms with Crippen LogP contribution in [-0.2, 0) is 9.53 Å². The number of ether oxygens (including phenoxy) is 1. The minimum Gasteiger partial charge on any atom is -0.363 e. The molecule has 5 heteroatoms. The summed E-state index contributed by atoms with van der Waals surface area (Å²) in [5.74, 6) is 0.405. The van der Waals surface area contributed by atoms with E-state index in [2.05, 4.69) is 12.2 Å². The summed E-state index contributed by atoms with van der Waals surface area (Å²) in [4.78, 5) is 13.9. The van der Waals surface area contributed by atoms with Crippen LogP contribution in [-0.4, -0.2) is 37.7 Å². The number of para-hydroxylation sites is 1. The molecule has 0 spiro atoms. The Morgan fingerprint density at radius 2 is 2.25 bits per heavy atom. The molecule has 0 radical (unpaired) electrons. The standard InChI is InChI=1S/C15H19ClN2O2/c1-15(11-6-7-17-8-11)10-18(14(19)9-20-15)13-5-3-2-4-12(13)16/h2-5,11,17H,6-10H2,1H3. The van der Waals surface area contributed by atoms with Gasteiger partial charge in [-0.1, -0.05) is 23.7 Å². The molecule has 0 aliphatic carbocycles. The normalized spacial score (nSPS) is 30.8. The lowest BCUT2D eigenvalue weighted by Gasteiger charge is -2.43. The first-order valence-corrected chi connectivity index (χ1v) is 7.37. The van der Waals surface area contributed by atoms with E-state index in [-0.39, 0.29) is 18.1 Å². The maximum absolute atomic E-state index is 12.2. The van der Waals surface area contributed by atoms with Crippen molar-refractivity contribution in [2.75, 3.05) is 31.1 Å². The summed E-state index contributed by atoms with van der Waals surface area (Å²) >= 11 is 6.23. The number of carbonyl (C=O) groups is 1. The molecule has 108 valence electrons. The van der Waals surface area contributed by atoms with E-state index in [9.17, 15) is 4.79 Å². The predicted molar refractivity (Wildman–Crippen MR) is 79.1 cm³/mol. The number of benzene rings is 1. The van der Waals surface area contributed by atoms with Crippen LogP contribution in [0.1, 0.15) is 13.3 Å². The van der Waals surface area contributed by atoms with Crippen LogP contribution in [0.25, 0.3) is 0 Å². The van der Waals surface area contributed by atoms with Gasteiger partial charge in [-0.25, -0.2) is 0 Å². The van der Waals surface area contributed by atoms with Gasteiger partial charge in [0.15, 0.2) is 0 Å². The van der Waals surface area contributed by atoms with E-state index in [0.29, 0.717) is 17.5 Å². The average molecular weight is 295 g/mol. The van der Waals surface area contributed by atoms with Crippen molar-refractivity contribution in [2.24, 2.45) is 5.92 Å². The second-order valence-electron chi connectivity index (χ2n) is 5.72. The number of hydrogen-bond acceptors (Lipinski definition) is 3. The lowest BCUT2D eigenvalue weighted by Crippen LogP contribution is -2.57. The van der Waals surface area contributed by atoms with Gasteiger partial charge in [0.2, 0.25) is 0 Å². The first kappa shape index (κ1) is 13.9. The zero-order chi connectivity index (χ0) is 14.2. The summed E-state index contributed by atoms with van der Waals surface area (Å²) in [6.45, 7) is 4.74. The third kappa shape index (κ3) is 2.43. The van der Waals surface area contributed by atoms with Gasteiger partial charge < -0.3 is 15.0 Å². The monoisotopic (exact) mass is 294 g/mol. The fourth-order valence-corrected chi connectivity index (χ4v) is 3.30. The molecule has 0 saturated carbocycles. The first-order chi connectivity index (χ1) is 9.60. The number of hydrogen-bond donors (Lipinski definition) is 1. The van der Waals surface area contributed by atoms with Gasteiger partial charge in [-0.15, -0.1) is 0 Å². The zero-order valence-electron chi connectivity index (χ0n) is 11.6. The molecule has 3 rings (SSSR count). The third-order valence-corrected chi connectivity index (χ3v) is 4.69. The molecule has 0 aromatic heterocycles. The number of halogens is 1. The van der Waals surface area contributed by atoms with E-state index in [4.69, 9.17) is 16.3 Å². The van der Waals surface area contributed by atoms with Crippen molar-refractivity contribution in [3.8, 4) is 0 Å². The van der Waals surface area contributed by atoms with E-state index in [0.717, 1.165) is 25.2 Å². The van der Waals surface area contributed by atoms with Gasteiger partial charge in [0.1, 0.15) is 6.61 Å². The molecule has 2 aliphatic heterocycles. The Balaban J connectivity index is 1.87. The summed E-state index contributed by atoms with van der Waals surface area (Å²) in [5, 5.41) is 3.97. The molecule has 1 amide bonds. The maximum atomic E-state index is 12.2. The third-order valence-electron chi connectivity index (χ3n) is 4.37. The summed E-state index contributed by atoms with van der Waals surface area (Å²) in [6, 6.07) is 7.47. The smallest absolute Gasteiger partial charge is 0.253 e. The largest absolute Gasteiger partial charge is 0.363 e. The van der Waals surface area contributed by atoms with E-state index in [1.54, 1.807) is 4.90 Å². The highest BCUT2D eigenvalue weighted by Crippen LogP contribution is 2.35. The topological polar surface area (TPSA) is 41.6 Å². The van der Waals surface area contributed by atoms with Crippen molar-refractivity contribution < 1.29 is 9.53 Å². The molecule has 20 heavy (non-hydrogen) atoms. The van der Waals surface area contributed by atoms with E-state index < -0.39 is 0 Å². The van der Waals surface area contributed by atoms with Crippen molar-refractivity contribution >= 4 is 23.2 Å². The van der Waals surface area contributed by atoms with Gasteiger partial charge in [0, 0.05) is 12.5 Å². The van der Waals surface area contributed by atoms with E-state index in [1.165, 1.54) is 0 Å². The fraction of sp³-hybridized carbons (Fsp3) is 0.533. The van der Waals surface area contributed by atoms with Crippen LogP contribution in [0.5, 0.6) is 0 Å². The Morgan fingerprint density at radius 1 is 1.45 bits per heavy atom. The van der Waals surface area contributed by atoms with Gasteiger partial charge in [-0.3, -0.25) is 4.79 Å². The van der Waals surface area contributed by atoms with Crippen molar-refractivity contribution in [1.29, 1.82) is 0 Å². The maximum Gasteiger partial charge on any atom is 0.253 e. The van der Waals surface area contributed by atoms with Crippen LogP contribution in [0.15, 0.2) is 24.3 Å². The van der Waals surface area contributed by atoms with Crippen LogP contribution in [0.3, 0.4) is 0 Å². The molecule has 2 atom stereocenters. The second-order valence-corrected chi connectivity index (χ2v) is 6.13. The molecule has 0 bridgehead atoms. The Morgan fingerprint density at radius 3 is 2.95 bits per heavy atom. The van der Waals surface area contributed by atoms with Crippen molar-refractivity contribution in [2.45, 2.75) is 18.9 Å². The fourth-order valence-electron chi connectivity index (χ4n) is 3.07. The Kier molecular flexibility index (Phi) is 3.71. The molecule has 2 fully saturated rings. The molecule has 2 heterocycles. The van der Waals surface area contributed by atoms with Gasteiger partial charge in [0.25, 0.3) is 5.91 Å². The lowest BCUT2D eigenvalue weighted by molar-refractivity contribution is -0.142. The summed E-state index contributed by atoms with van der Waals surface area (Å²) in [7, 11) is 0. The quantitative estimate of drug-likeness (QED) is 0.908. The minimum absolute atomic E-state index is 0.0264. The molecule has 4 nitrogen and oxygen atoms in total. The lowest BCUT2D eigenvalue weighted by atomic mass is 9.86. The number of morpholine rings is 1. The van der Waals surface area contributed by atoms with Crippen molar-refractivity contribution in [3.05, 3.63) is 29.3 Å². The molecule has 2 unspecified atom stereocenters. The van der Waals surface area contributed by atoms with Gasteiger partial charge >= 0.3 is 0 Å². The van der Waals surface area contributed by atoms with Crippen molar-refractivity contribution in [3.63, 3.8) is 0 Å². The summed E-state index contributed by atoms with van der Waals surface area (Å²) in [6.07, 6.45) is 1.08. The molecule has 1 N–H and O–H groups in total. The highest BCUT2D eigenvalue weighted by atomic mass is 35.5. The average Bonchev–Trinajstić information content (AvgIpc) is 2.97. The van der Waals surface area contributed by atoms with Crippen molar-refractivity contribution in [1.82, 2.24) is 5.32 Å². The second kappa shape index (κ2) is 5.35. The number of anilines is 1. The number of nitrogens with zero attached hydrogens (tertiary/aromatic N) is 1. The number of amides is 1. The van der Waals surface area contributed by atoms with Crippen LogP contribution < -0.4 is 10.2 Å². The minimum atomic E-state index is -0.309. The van der Waals surface area contributed by atoms with Crippen LogP contribution in [0.4, 0.5) is 5.69 Å². The first-order valence-electron chi connectivity index (χ1n) is 7.00. The molecule has 2 saturated heterocycles. The van der Waals surface area contributed by atoms with Gasteiger partial charge in [-0.05, 0) is 32.0 Å². The molecule has 1 aromatic rings. The highest BCUT2D eigenvalue weighted by molar-refractivity contribution is 6.33. The van der Waals surface area contributed by atoms with Crippen LogP contribution in [0.2, 0.25) is 5.02 Å². The number of nitrogens with one attached hydrogen (secondary N) is 1. The van der Waals surface area contributed by atoms with Crippen LogP contribution >= 0.6 is 11.6 Å². The van der Waals surface area contributed by atoms with E-state index >= 15 is 0 Å². The molecular weight excluding hydrogens is 276 g/mol. The molecular formula is C15H19ClN2O2. The zero-order valence-corrected chi connectivity index (χ0v) is 12.3. The molecule has 2 aliphatic rings. The molecule has 1 aromatic carbocycles. The Labute approximate surface area is 124 Å². The Hall–Kier alpha value is -1.10. The highest BCUT2D eigenvalue weighted by Gasteiger charge is 2.43. The SMILES string of the molecule is CC1(C2CCNC2)CN(c2ccccc2Cl)C(=O)CO1. The van der Waals surface area contributed by atoms with Gasteiger partial charge in [-0.2, -0.15) is 0 Å². The number of rotatable bonds is 2. The van der Waals surface area contributed by atoms with Crippen LogP contribution in [0, 0.1) is 5.92 Å². The van der Waals surface area contributed by atoms with Gasteiger partial charge in [0.05, 0.1) is 22.9 Å². The summed E-state index contributed by atoms with van der Waals surface area (Å²) < 4.78 is 5.88. The van der Waals surface area contributed by atoms with E-state index in [1.807, 2.05) is 24.3 Å². The number of carbonyl (C=O) groups excluding carboxylic acids is 1.